The Labute approximate surface area is 457 Å². The van der Waals surface area contributed by atoms with Gasteiger partial charge in [-0.25, -0.2) is 9.59 Å². The average molecular weight is 1090 g/mol. The van der Waals surface area contributed by atoms with Gasteiger partial charge in [-0.05, 0) is 102 Å². The number of allylic oxidation sites excluding steroid dienone is 12. The standard InChI is InChI=1S/C60H84O18/c1-37-17-11-7-5-9-13-19-41-21-15-23-53(71)57(41)59(75)78-52(36-56(74)40(4)62)34-50(70)32-48(68)30-46(66)28-44(64)26-38(2)18-12-8-6-10-14-20-42-22-16-24-54(72)58(42)60(76)77-51(35-55(73)39(3)61)33-49(69)31-47(67)29-45(65)27-43(63)25-37/h5-24,39-40,43-52,55-56,61-74H,25-36H2,1-4H3/t39-,40-,43-,44-,45-,46+,47-,48-,49-,50-,51+,52+,55-,56-/m0/s1. The van der Waals surface area contributed by atoms with Gasteiger partial charge in [0.15, 0.2) is 0 Å². The molecular weight excluding hydrogens is 1010 g/mol. The molecule has 1 aliphatic rings. The number of aliphatic hydroxyl groups is 12. The summed E-state index contributed by atoms with van der Waals surface area (Å²) in [5, 5.41) is 149. The second kappa shape index (κ2) is 35.1. The number of ether oxygens (including phenoxy) is 2. The van der Waals surface area contributed by atoms with E-state index in [-0.39, 0.29) is 99.3 Å². The van der Waals surface area contributed by atoms with Gasteiger partial charge in [-0.1, -0.05) is 120 Å². The van der Waals surface area contributed by atoms with Gasteiger partial charge in [-0.3, -0.25) is 0 Å². The number of phenolic OH excluding ortho intramolecular Hbond substituents is 2. The first-order valence-electron chi connectivity index (χ1n) is 26.5. The van der Waals surface area contributed by atoms with Crippen molar-refractivity contribution >= 4 is 24.1 Å². The lowest BCUT2D eigenvalue weighted by molar-refractivity contribution is -0.0375. The Morgan fingerprint density at radius 3 is 1.06 bits per heavy atom. The molecule has 0 bridgehead atoms. The zero-order chi connectivity index (χ0) is 57.9. The number of benzene rings is 2. The van der Waals surface area contributed by atoms with E-state index in [0.717, 1.165) is 11.1 Å². The van der Waals surface area contributed by atoms with Gasteiger partial charge >= 0.3 is 11.9 Å². The Balaban J connectivity index is 1.87. The van der Waals surface area contributed by atoms with Crippen LogP contribution >= 0.6 is 0 Å². The van der Waals surface area contributed by atoms with E-state index in [0.29, 0.717) is 0 Å². The molecule has 0 spiro atoms. The Hall–Kier alpha value is -5.58. The van der Waals surface area contributed by atoms with Crippen LogP contribution in [0.5, 0.6) is 11.5 Å². The number of hydrogen-bond donors (Lipinski definition) is 14. The molecule has 0 saturated heterocycles. The van der Waals surface area contributed by atoms with Crippen molar-refractivity contribution in [3.05, 3.63) is 143 Å². The first-order valence-corrected chi connectivity index (χ1v) is 26.5. The van der Waals surface area contributed by atoms with Crippen molar-refractivity contribution in [3.63, 3.8) is 0 Å². The molecule has 0 aliphatic carbocycles. The van der Waals surface area contributed by atoms with Crippen LogP contribution in [0.2, 0.25) is 0 Å². The highest BCUT2D eigenvalue weighted by Gasteiger charge is 2.30. The monoisotopic (exact) mass is 1090 g/mol. The van der Waals surface area contributed by atoms with E-state index in [1.807, 2.05) is 0 Å². The maximum atomic E-state index is 13.6. The van der Waals surface area contributed by atoms with Gasteiger partial charge in [0.2, 0.25) is 0 Å². The minimum atomic E-state index is -1.36. The van der Waals surface area contributed by atoms with Gasteiger partial charge in [0, 0.05) is 25.7 Å². The number of fused-ring (bicyclic) bond motifs is 2. The van der Waals surface area contributed by atoms with Gasteiger partial charge in [0.25, 0.3) is 0 Å². The van der Waals surface area contributed by atoms with Gasteiger partial charge in [-0.2, -0.15) is 0 Å². The van der Waals surface area contributed by atoms with Crippen molar-refractivity contribution in [1.82, 2.24) is 0 Å². The van der Waals surface area contributed by atoms with Crippen LogP contribution in [-0.4, -0.2) is 169 Å². The van der Waals surface area contributed by atoms with Gasteiger partial charge in [0.05, 0.1) is 73.2 Å². The summed E-state index contributed by atoms with van der Waals surface area (Å²) in [6.07, 6.45) is 4.61. The third kappa shape index (κ3) is 25.9. The lowest BCUT2D eigenvalue weighted by Gasteiger charge is -2.26. The summed E-state index contributed by atoms with van der Waals surface area (Å²) in [6.45, 7) is 6.25. The van der Waals surface area contributed by atoms with Crippen molar-refractivity contribution in [2.75, 3.05) is 0 Å². The predicted molar refractivity (Wildman–Crippen MR) is 296 cm³/mol. The minimum absolute atomic E-state index is 0.0902. The number of carbonyl (C=O) groups is 2. The van der Waals surface area contributed by atoms with Gasteiger partial charge in [-0.15, -0.1) is 0 Å². The zero-order valence-corrected chi connectivity index (χ0v) is 45.0. The Bertz CT molecular complexity index is 2220. The van der Waals surface area contributed by atoms with E-state index in [9.17, 15) is 81.1 Å². The molecule has 0 unspecified atom stereocenters. The van der Waals surface area contributed by atoms with Crippen LogP contribution in [0.1, 0.15) is 137 Å². The largest absolute Gasteiger partial charge is 0.507 e. The molecule has 18 heteroatoms. The summed E-state index contributed by atoms with van der Waals surface area (Å²) < 4.78 is 11.4. The van der Waals surface area contributed by atoms with E-state index < -0.39 is 109 Å². The number of aliphatic hydroxyl groups excluding tert-OH is 12. The van der Waals surface area contributed by atoms with Crippen LogP contribution in [0.15, 0.2) is 120 Å². The molecule has 0 radical (unpaired) electrons. The summed E-state index contributed by atoms with van der Waals surface area (Å²) >= 11 is 0. The molecule has 14 atom stereocenters. The van der Waals surface area contributed by atoms with Crippen molar-refractivity contribution < 1.29 is 90.6 Å². The molecule has 1 aliphatic heterocycles. The Morgan fingerprint density at radius 1 is 0.436 bits per heavy atom. The predicted octanol–water partition coefficient (Wildman–Crippen LogP) is 5.06. The molecule has 0 saturated carbocycles. The van der Waals surface area contributed by atoms with Crippen molar-refractivity contribution in [1.29, 1.82) is 0 Å². The van der Waals surface area contributed by atoms with Gasteiger partial charge < -0.3 is 81.0 Å². The summed E-state index contributed by atoms with van der Waals surface area (Å²) in [4.78, 5) is 27.2. The molecule has 0 fully saturated rings. The first-order chi connectivity index (χ1) is 36.9. The molecule has 18 nitrogen and oxygen atoms in total. The molecule has 2 aromatic rings. The van der Waals surface area contributed by atoms with Gasteiger partial charge in [0.1, 0.15) is 34.8 Å². The summed E-state index contributed by atoms with van der Waals surface area (Å²) in [6, 6.07) is 8.76. The van der Waals surface area contributed by atoms with Crippen LogP contribution in [0, 0.1) is 0 Å². The second-order valence-corrected chi connectivity index (χ2v) is 20.4. The number of esters is 2. The number of hydrogen-bond acceptors (Lipinski definition) is 18. The lowest BCUT2D eigenvalue weighted by Crippen LogP contribution is -2.34. The van der Waals surface area contributed by atoms with Crippen LogP contribution < -0.4 is 0 Å². The fraction of sp³-hybridized carbons (Fsp3) is 0.500. The lowest BCUT2D eigenvalue weighted by atomic mass is 9.95. The molecule has 14 N–H and O–H groups in total. The van der Waals surface area contributed by atoms with Crippen LogP contribution in [0.4, 0.5) is 0 Å². The fourth-order valence-electron chi connectivity index (χ4n) is 8.83. The number of phenols is 2. The quantitative estimate of drug-likeness (QED) is 0.168. The molecular formula is C60H84O18. The normalized spacial score (nSPS) is 27.8. The fourth-order valence-corrected chi connectivity index (χ4v) is 8.83. The SMILES string of the molecule is CC1=CC=CC=CC=Cc2cccc(O)c2C(=O)O[C@@H](C[C@H](O)[C@H](C)O)C[C@@H](O)C[C@@H](O)C[C@H](O)C[C@@H](O)CC(C)=CC=CC=CC=Cc2cccc(O)c2C(=O)O[C@@H](C[C@H](O)[C@H](C)O)C[C@@H](O)C[C@@H](O)C[C@@H](O)C[C@@H](O)C1. The molecule has 3 rings (SSSR count). The van der Waals surface area contributed by atoms with E-state index in [4.69, 9.17) is 9.47 Å². The van der Waals surface area contributed by atoms with E-state index >= 15 is 0 Å². The molecule has 432 valence electrons. The number of cyclic esters (lactones) is 2. The first kappa shape index (κ1) is 66.7. The molecule has 0 amide bonds. The molecule has 2 aromatic carbocycles. The third-order valence-electron chi connectivity index (χ3n) is 12.9. The zero-order valence-electron chi connectivity index (χ0n) is 45.0. The van der Waals surface area contributed by atoms with Crippen molar-refractivity contribution in [2.45, 2.75) is 190 Å². The highest BCUT2D eigenvalue weighted by atomic mass is 16.6. The van der Waals surface area contributed by atoms with Crippen LogP contribution in [0.3, 0.4) is 0 Å². The van der Waals surface area contributed by atoms with Crippen molar-refractivity contribution in [2.24, 2.45) is 0 Å². The summed E-state index contributed by atoms with van der Waals surface area (Å²) in [7, 11) is 0. The maximum Gasteiger partial charge on any atom is 0.342 e. The Kier molecular flexibility index (Phi) is 30.0. The maximum absolute atomic E-state index is 13.6. The van der Waals surface area contributed by atoms with Crippen LogP contribution in [-0.2, 0) is 9.47 Å². The number of carbonyl (C=O) groups excluding carboxylic acids is 2. The topological polar surface area (TPSA) is 336 Å². The highest BCUT2D eigenvalue weighted by Crippen LogP contribution is 2.29. The van der Waals surface area contributed by atoms with E-state index in [2.05, 4.69) is 0 Å². The van der Waals surface area contributed by atoms with E-state index in [1.165, 1.54) is 38.1 Å². The summed E-state index contributed by atoms with van der Waals surface area (Å²) in [5.41, 5.74) is 1.69. The summed E-state index contributed by atoms with van der Waals surface area (Å²) in [5.74, 6) is -2.75. The molecule has 0 aromatic heterocycles. The molecule has 78 heavy (non-hydrogen) atoms. The third-order valence-corrected chi connectivity index (χ3v) is 12.9. The number of rotatable bonds is 6. The Morgan fingerprint density at radius 2 is 0.731 bits per heavy atom. The van der Waals surface area contributed by atoms with Crippen LogP contribution in [0.25, 0.3) is 12.2 Å². The minimum Gasteiger partial charge on any atom is -0.507 e. The van der Waals surface area contributed by atoms with Crippen molar-refractivity contribution in [3.8, 4) is 11.5 Å². The average Bonchev–Trinajstić information content (AvgIpc) is 3.32. The smallest absolute Gasteiger partial charge is 0.342 e. The second-order valence-electron chi connectivity index (χ2n) is 20.4. The highest BCUT2D eigenvalue weighted by molar-refractivity contribution is 5.97. The number of aromatic hydroxyl groups is 2. The molecule has 1 heterocycles. The van der Waals surface area contributed by atoms with E-state index in [1.54, 1.807) is 111 Å².